The standard InChI is InChI=1S/C13H24N2O3S/c1-4-19(17,18)14(3)9-12(16)15-10-13(6-5-7-13)8-11(15)2/h11H,4-10H2,1-3H3/t11-/m1/s1. The molecule has 1 spiro atoms. The first-order chi connectivity index (χ1) is 8.80. The quantitative estimate of drug-likeness (QED) is 0.777. The predicted molar refractivity (Wildman–Crippen MR) is 74.2 cm³/mol. The summed E-state index contributed by atoms with van der Waals surface area (Å²) in [5.74, 6) is -0.0215. The molecule has 1 amide bonds. The van der Waals surface area contributed by atoms with E-state index in [9.17, 15) is 13.2 Å². The van der Waals surface area contributed by atoms with Crippen molar-refractivity contribution in [3.05, 3.63) is 0 Å². The molecule has 110 valence electrons. The van der Waals surface area contributed by atoms with Crippen molar-refractivity contribution in [1.82, 2.24) is 9.21 Å². The number of amides is 1. The first kappa shape index (κ1) is 14.8. The van der Waals surface area contributed by atoms with E-state index in [2.05, 4.69) is 6.92 Å². The second-order valence-corrected chi connectivity index (χ2v) is 8.45. The number of hydrogen-bond donors (Lipinski definition) is 0. The van der Waals surface area contributed by atoms with Crippen LogP contribution in [0, 0.1) is 5.41 Å². The van der Waals surface area contributed by atoms with Gasteiger partial charge in [0.25, 0.3) is 0 Å². The maximum atomic E-state index is 12.3. The maximum Gasteiger partial charge on any atom is 0.238 e. The number of likely N-dealkylation sites (N-methyl/N-ethyl adjacent to an activating group) is 1. The summed E-state index contributed by atoms with van der Waals surface area (Å²) in [5, 5.41) is 0. The van der Waals surface area contributed by atoms with Crippen molar-refractivity contribution in [2.24, 2.45) is 5.41 Å². The lowest BCUT2D eigenvalue weighted by Gasteiger charge is -2.38. The van der Waals surface area contributed by atoms with Gasteiger partial charge in [-0.2, -0.15) is 4.31 Å². The minimum absolute atomic E-state index is 0.0312. The minimum atomic E-state index is -3.27. The van der Waals surface area contributed by atoms with E-state index in [0.717, 1.165) is 13.0 Å². The largest absolute Gasteiger partial charge is 0.338 e. The van der Waals surface area contributed by atoms with Crippen molar-refractivity contribution in [2.45, 2.75) is 45.6 Å². The van der Waals surface area contributed by atoms with E-state index >= 15 is 0 Å². The van der Waals surface area contributed by atoms with Crippen molar-refractivity contribution in [3.8, 4) is 0 Å². The molecule has 1 heterocycles. The molecule has 0 aromatic rings. The molecule has 6 heteroatoms. The van der Waals surface area contributed by atoms with Crippen molar-refractivity contribution in [3.63, 3.8) is 0 Å². The van der Waals surface area contributed by atoms with Gasteiger partial charge in [0.15, 0.2) is 0 Å². The summed E-state index contributed by atoms with van der Waals surface area (Å²) in [6.45, 7) is 4.45. The van der Waals surface area contributed by atoms with Gasteiger partial charge in [0, 0.05) is 19.6 Å². The summed E-state index contributed by atoms with van der Waals surface area (Å²) in [6.07, 6.45) is 4.76. The van der Waals surface area contributed by atoms with Crippen LogP contribution in [0.2, 0.25) is 0 Å². The fourth-order valence-electron chi connectivity index (χ4n) is 3.29. The molecule has 5 nitrogen and oxygen atoms in total. The third-order valence-electron chi connectivity index (χ3n) is 4.70. The number of likely N-dealkylation sites (tertiary alicyclic amines) is 1. The predicted octanol–water partition coefficient (Wildman–Crippen LogP) is 1.06. The van der Waals surface area contributed by atoms with Crippen LogP contribution < -0.4 is 0 Å². The molecule has 0 unspecified atom stereocenters. The molecular weight excluding hydrogens is 264 g/mol. The Balaban J connectivity index is 1.97. The van der Waals surface area contributed by atoms with Gasteiger partial charge in [-0.3, -0.25) is 4.79 Å². The van der Waals surface area contributed by atoms with E-state index in [0.29, 0.717) is 5.41 Å². The van der Waals surface area contributed by atoms with Crippen molar-refractivity contribution < 1.29 is 13.2 Å². The van der Waals surface area contributed by atoms with Crippen LogP contribution in [0.4, 0.5) is 0 Å². The highest BCUT2D eigenvalue weighted by molar-refractivity contribution is 7.89. The molecule has 1 atom stereocenters. The Kier molecular flexibility index (Phi) is 3.93. The number of nitrogens with zero attached hydrogens (tertiary/aromatic N) is 2. The van der Waals surface area contributed by atoms with Crippen molar-refractivity contribution in [1.29, 1.82) is 0 Å². The minimum Gasteiger partial charge on any atom is -0.338 e. The smallest absolute Gasteiger partial charge is 0.238 e. The molecule has 19 heavy (non-hydrogen) atoms. The molecule has 2 fully saturated rings. The number of sulfonamides is 1. The number of carbonyl (C=O) groups is 1. The van der Waals surface area contributed by atoms with Gasteiger partial charge in [-0.15, -0.1) is 0 Å². The molecule has 2 rings (SSSR count). The van der Waals surface area contributed by atoms with E-state index < -0.39 is 10.0 Å². The number of rotatable bonds is 4. The molecule has 0 bridgehead atoms. The molecule has 0 radical (unpaired) electrons. The van der Waals surface area contributed by atoms with Crippen LogP contribution in [0.15, 0.2) is 0 Å². The third kappa shape index (κ3) is 2.79. The SMILES string of the molecule is CCS(=O)(=O)N(C)CC(=O)N1CC2(CCC2)C[C@H]1C. The van der Waals surface area contributed by atoms with Gasteiger partial charge < -0.3 is 4.90 Å². The van der Waals surface area contributed by atoms with Crippen LogP contribution in [0.5, 0.6) is 0 Å². The highest BCUT2D eigenvalue weighted by Crippen LogP contribution is 2.50. The molecule has 1 saturated heterocycles. The van der Waals surface area contributed by atoms with E-state index in [4.69, 9.17) is 0 Å². The number of hydrogen-bond acceptors (Lipinski definition) is 3. The van der Waals surface area contributed by atoms with Gasteiger partial charge in [0.05, 0.1) is 12.3 Å². The third-order valence-corrected chi connectivity index (χ3v) is 6.51. The zero-order valence-corrected chi connectivity index (χ0v) is 12.9. The Bertz CT molecular complexity index is 457. The Morgan fingerprint density at radius 2 is 2.05 bits per heavy atom. The van der Waals surface area contributed by atoms with Gasteiger partial charge in [-0.25, -0.2) is 8.42 Å². The molecule has 1 aliphatic heterocycles. The first-order valence-electron chi connectivity index (χ1n) is 7.03. The lowest BCUT2D eigenvalue weighted by Crippen LogP contribution is -2.44. The van der Waals surface area contributed by atoms with Crippen molar-refractivity contribution >= 4 is 15.9 Å². The van der Waals surface area contributed by atoms with Crippen LogP contribution in [0.3, 0.4) is 0 Å². The van der Waals surface area contributed by atoms with E-state index in [1.54, 1.807) is 6.92 Å². The summed E-state index contributed by atoms with van der Waals surface area (Å²) < 4.78 is 24.5. The summed E-state index contributed by atoms with van der Waals surface area (Å²) in [6, 6.07) is 0.241. The number of carbonyl (C=O) groups excluding carboxylic acids is 1. The van der Waals surface area contributed by atoms with E-state index in [1.807, 2.05) is 4.90 Å². The Hall–Kier alpha value is -0.620. The normalized spacial score (nSPS) is 25.9. The fourth-order valence-corrected chi connectivity index (χ4v) is 4.04. The molecule has 0 N–H and O–H groups in total. The van der Waals surface area contributed by atoms with Crippen LogP contribution in [-0.2, 0) is 14.8 Å². The van der Waals surface area contributed by atoms with Gasteiger partial charge >= 0.3 is 0 Å². The van der Waals surface area contributed by atoms with Gasteiger partial charge in [0.1, 0.15) is 0 Å². The average molecular weight is 288 g/mol. The topological polar surface area (TPSA) is 57.7 Å². The zero-order valence-electron chi connectivity index (χ0n) is 12.1. The molecule has 2 aliphatic rings. The first-order valence-corrected chi connectivity index (χ1v) is 8.64. The van der Waals surface area contributed by atoms with Gasteiger partial charge in [-0.05, 0) is 38.5 Å². The Labute approximate surface area is 116 Å². The Morgan fingerprint density at radius 1 is 1.42 bits per heavy atom. The molecule has 1 aliphatic carbocycles. The highest BCUT2D eigenvalue weighted by atomic mass is 32.2. The highest BCUT2D eigenvalue weighted by Gasteiger charge is 2.47. The molecule has 0 aromatic carbocycles. The summed E-state index contributed by atoms with van der Waals surface area (Å²) in [7, 11) is -1.79. The van der Waals surface area contributed by atoms with Crippen LogP contribution in [-0.4, -0.2) is 55.5 Å². The average Bonchev–Trinajstić information content (AvgIpc) is 2.67. The van der Waals surface area contributed by atoms with Gasteiger partial charge in [0.2, 0.25) is 15.9 Å². The Morgan fingerprint density at radius 3 is 2.47 bits per heavy atom. The molecule has 1 saturated carbocycles. The fraction of sp³-hybridized carbons (Fsp3) is 0.923. The van der Waals surface area contributed by atoms with Gasteiger partial charge in [-0.1, -0.05) is 6.42 Å². The lowest BCUT2D eigenvalue weighted by molar-refractivity contribution is -0.132. The summed E-state index contributed by atoms with van der Waals surface area (Å²) >= 11 is 0. The summed E-state index contributed by atoms with van der Waals surface area (Å²) in [4.78, 5) is 14.2. The lowest BCUT2D eigenvalue weighted by atomic mass is 9.68. The van der Waals surface area contributed by atoms with E-state index in [1.165, 1.54) is 30.6 Å². The van der Waals surface area contributed by atoms with Crippen LogP contribution >= 0.6 is 0 Å². The zero-order chi connectivity index (χ0) is 14.3. The monoisotopic (exact) mass is 288 g/mol. The molecular formula is C13H24N2O3S. The molecule has 0 aromatic heterocycles. The van der Waals surface area contributed by atoms with Crippen LogP contribution in [0.25, 0.3) is 0 Å². The van der Waals surface area contributed by atoms with Crippen LogP contribution in [0.1, 0.15) is 39.5 Å². The second-order valence-electron chi connectivity index (χ2n) is 6.08. The van der Waals surface area contributed by atoms with Crippen molar-refractivity contribution in [2.75, 3.05) is 25.9 Å². The summed E-state index contributed by atoms with van der Waals surface area (Å²) in [5.41, 5.74) is 0.345. The van der Waals surface area contributed by atoms with E-state index in [-0.39, 0.29) is 24.2 Å². The maximum absolute atomic E-state index is 12.3. The second kappa shape index (κ2) is 5.05.